The van der Waals surface area contributed by atoms with Crippen molar-refractivity contribution in [3.63, 3.8) is 0 Å². The highest BCUT2D eigenvalue weighted by Gasteiger charge is 2.22. The minimum atomic E-state index is -0.00678. The summed E-state index contributed by atoms with van der Waals surface area (Å²) in [6.45, 7) is 8.26. The molecular formula is C9H12N4S. The molecule has 0 radical (unpaired) electrons. The smallest absolute Gasteiger partial charge is 0.130 e. The van der Waals surface area contributed by atoms with E-state index in [1.165, 1.54) is 11.5 Å². The van der Waals surface area contributed by atoms with Gasteiger partial charge >= 0.3 is 0 Å². The van der Waals surface area contributed by atoms with E-state index < -0.39 is 0 Å². The van der Waals surface area contributed by atoms with Crippen LogP contribution in [0.5, 0.6) is 0 Å². The van der Waals surface area contributed by atoms with Crippen molar-refractivity contribution in [1.82, 2.24) is 19.8 Å². The normalized spacial score (nSPS) is 12.3. The zero-order chi connectivity index (χ0) is 10.3. The van der Waals surface area contributed by atoms with E-state index in [1.54, 1.807) is 0 Å². The van der Waals surface area contributed by atoms with E-state index >= 15 is 0 Å². The molecule has 0 unspecified atom stereocenters. The fourth-order valence-electron chi connectivity index (χ4n) is 1.29. The molecule has 0 aliphatic carbocycles. The molecule has 0 saturated heterocycles. The Balaban J connectivity index is 2.80. The van der Waals surface area contributed by atoms with Crippen LogP contribution in [-0.4, -0.2) is 19.8 Å². The average Bonchev–Trinajstić information content (AvgIpc) is 2.50. The highest BCUT2D eigenvalue weighted by molar-refractivity contribution is 7.13. The minimum absolute atomic E-state index is 0.00678. The van der Waals surface area contributed by atoms with Crippen molar-refractivity contribution in [2.75, 3.05) is 0 Å². The van der Waals surface area contributed by atoms with Crippen LogP contribution < -0.4 is 0 Å². The molecule has 4 nitrogen and oxygen atoms in total. The lowest BCUT2D eigenvalue weighted by atomic mass is 9.92. The highest BCUT2D eigenvalue weighted by atomic mass is 32.1. The minimum Gasteiger partial charge on any atom is -0.153 e. The van der Waals surface area contributed by atoms with Crippen molar-refractivity contribution >= 4 is 21.7 Å². The van der Waals surface area contributed by atoms with Gasteiger partial charge in [-0.2, -0.15) is 10.2 Å². The molecule has 5 heteroatoms. The monoisotopic (exact) mass is 208 g/mol. The molecule has 74 valence electrons. The number of aromatic nitrogens is 4. The second kappa shape index (κ2) is 2.95. The van der Waals surface area contributed by atoms with Gasteiger partial charge in [0.25, 0.3) is 0 Å². The topological polar surface area (TPSA) is 51.6 Å². The van der Waals surface area contributed by atoms with Gasteiger partial charge in [-0.25, -0.2) is 0 Å². The fraction of sp³-hybridized carbons (Fsp3) is 0.556. The maximum Gasteiger partial charge on any atom is 0.130 e. The molecule has 0 aliphatic heterocycles. The van der Waals surface area contributed by atoms with Crippen molar-refractivity contribution < 1.29 is 0 Å². The Hall–Kier alpha value is -1.10. The van der Waals surface area contributed by atoms with Crippen LogP contribution in [0, 0.1) is 6.92 Å². The first-order valence-corrected chi connectivity index (χ1v) is 5.23. The second-order valence-corrected chi connectivity index (χ2v) is 5.09. The van der Waals surface area contributed by atoms with E-state index in [1.807, 2.05) is 6.92 Å². The second-order valence-electron chi connectivity index (χ2n) is 4.33. The Kier molecular flexibility index (Phi) is 1.99. The van der Waals surface area contributed by atoms with Crippen molar-refractivity contribution in [1.29, 1.82) is 0 Å². The average molecular weight is 208 g/mol. The molecule has 0 fully saturated rings. The van der Waals surface area contributed by atoms with Gasteiger partial charge in [-0.15, -0.1) is 5.10 Å². The molecule has 0 saturated carbocycles. The molecule has 0 atom stereocenters. The van der Waals surface area contributed by atoms with Crippen LogP contribution in [0.1, 0.15) is 32.2 Å². The fourth-order valence-corrected chi connectivity index (χ4v) is 2.20. The molecule has 0 amide bonds. The molecule has 0 spiro atoms. The third kappa shape index (κ3) is 1.37. The Morgan fingerprint density at radius 1 is 1.07 bits per heavy atom. The molecule has 2 aromatic rings. The standard InChI is InChI=1S/C9H12N4S/c1-5-6-7(14-13-11-6)8(12-10-5)9(2,3)4/h1-4H3. The number of hydrogen-bond acceptors (Lipinski definition) is 5. The lowest BCUT2D eigenvalue weighted by Gasteiger charge is -2.16. The first kappa shape index (κ1) is 9.45. The summed E-state index contributed by atoms with van der Waals surface area (Å²) in [4.78, 5) is 0. The van der Waals surface area contributed by atoms with Crippen molar-refractivity contribution in [2.24, 2.45) is 0 Å². The van der Waals surface area contributed by atoms with Crippen LogP contribution in [0.4, 0.5) is 0 Å². The highest BCUT2D eigenvalue weighted by Crippen LogP contribution is 2.29. The van der Waals surface area contributed by atoms with E-state index in [0.29, 0.717) is 0 Å². The van der Waals surface area contributed by atoms with Crippen molar-refractivity contribution in [3.05, 3.63) is 11.4 Å². The van der Waals surface area contributed by atoms with Gasteiger partial charge in [-0.1, -0.05) is 25.3 Å². The number of rotatable bonds is 0. The molecular weight excluding hydrogens is 196 g/mol. The molecule has 0 aliphatic rings. The summed E-state index contributed by atoms with van der Waals surface area (Å²) in [5.41, 5.74) is 2.71. The summed E-state index contributed by atoms with van der Waals surface area (Å²) in [5, 5.41) is 12.4. The summed E-state index contributed by atoms with van der Waals surface area (Å²) in [6, 6.07) is 0. The molecule has 2 heterocycles. The number of aryl methyl sites for hydroxylation is 1. The zero-order valence-corrected chi connectivity index (χ0v) is 9.51. The first-order chi connectivity index (χ1) is 6.50. The van der Waals surface area contributed by atoms with Crippen molar-refractivity contribution in [2.45, 2.75) is 33.1 Å². The van der Waals surface area contributed by atoms with E-state index in [4.69, 9.17) is 0 Å². The molecule has 2 aromatic heterocycles. The van der Waals surface area contributed by atoms with E-state index in [2.05, 4.69) is 40.6 Å². The van der Waals surface area contributed by atoms with E-state index in [9.17, 15) is 0 Å². The zero-order valence-electron chi connectivity index (χ0n) is 8.70. The molecule has 2 rings (SSSR count). The summed E-state index contributed by atoms with van der Waals surface area (Å²) in [5.74, 6) is 0. The predicted molar refractivity (Wildman–Crippen MR) is 56.4 cm³/mol. The van der Waals surface area contributed by atoms with Gasteiger partial charge in [-0.05, 0) is 18.5 Å². The van der Waals surface area contributed by atoms with Gasteiger partial charge in [0.1, 0.15) is 10.2 Å². The summed E-state index contributed by atoms with van der Waals surface area (Å²) >= 11 is 1.39. The summed E-state index contributed by atoms with van der Waals surface area (Å²) in [6.07, 6.45) is 0. The van der Waals surface area contributed by atoms with Gasteiger partial charge in [0.05, 0.1) is 11.4 Å². The SMILES string of the molecule is Cc1nnc(C(C)(C)C)c2snnc12. The molecule has 0 bridgehead atoms. The maximum absolute atomic E-state index is 4.23. The summed E-state index contributed by atoms with van der Waals surface area (Å²) < 4.78 is 5.01. The van der Waals surface area contributed by atoms with E-state index in [0.717, 1.165) is 21.6 Å². The number of nitrogens with zero attached hydrogens (tertiary/aromatic N) is 4. The van der Waals surface area contributed by atoms with Gasteiger partial charge in [0.15, 0.2) is 0 Å². The molecule has 14 heavy (non-hydrogen) atoms. The molecule has 0 aromatic carbocycles. The van der Waals surface area contributed by atoms with Crippen LogP contribution >= 0.6 is 11.5 Å². The van der Waals surface area contributed by atoms with Gasteiger partial charge in [0, 0.05) is 5.41 Å². The first-order valence-electron chi connectivity index (χ1n) is 4.46. The third-order valence-electron chi connectivity index (χ3n) is 2.06. The number of fused-ring (bicyclic) bond motifs is 1. The van der Waals surface area contributed by atoms with Crippen LogP contribution in [0.25, 0.3) is 10.2 Å². The number of hydrogen-bond donors (Lipinski definition) is 0. The third-order valence-corrected chi connectivity index (χ3v) is 2.79. The van der Waals surface area contributed by atoms with Gasteiger partial charge in [-0.3, -0.25) is 0 Å². The lowest BCUT2D eigenvalue weighted by Crippen LogP contribution is -2.14. The Morgan fingerprint density at radius 3 is 2.43 bits per heavy atom. The quantitative estimate of drug-likeness (QED) is 0.665. The van der Waals surface area contributed by atoms with Gasteiger partial charge in [0.2, 0.25) is 0 Å². The largest absolute Gasteiger partial charge is 0.153 e. The Labute approximate surface area is 86.5 Å². The van der Waals surface area contributed by atoms with Crippen LogP contribution in [-0.2, 0) is 5.41 Å². The Morgan fingerprint density at radius 2 is 1.79 bits per heavy atom. The van der Waals surface area contributed by atoms with E-state index in [-0.39, 0.29) is 5.41 Å². The predicted octanol–water partition coefficient (Wildman–Crippen LogP) is 2.09. The van der Waals surface area contributed by atoms with Crippen molar-refractivity contribution in [3.8, 4) is 0 Å². The lowest BCUT2D eigenvalue weighted by molar-refractivity contribution is 0.565. The Bertz CT molecular complexity index is 469. The maximum atomic E-state index is 4.23. The van der Waals surface area contributed by atoms with Crippen LogP contribution in [0.2, 0.25) is 0 Å². The van der Waals surface area contributed by atoms with Crippen LogP contribution in [0.15, 0.2) is 0 Å². The molecule has 0 N–H and O–H groups in total. The van der Waals surface area contributed by atoms with Crippen LogP contribution in [0.3, 0.4) is 0 Å². The van der Waals surface area contributed by atoms with Gasteiger partial charge < -0.3 is 0 Å². The summed E-state index contributed by atoms with van der Waals surface area (Å²) in [7, 11) is 0.